The highest BCUT2D eigenvalue weighted by atomic mass is 15.4. The summed E-state index contributed by atoms with van der Waals surface area (Å²) in [5, 5.41) is 7.70. The van der Waals surface area contributed by atoms with Crippen LogP contribution in [0.3, 0.4) is 0 Å². The van der Waals surface area contributed by atoms with Gasteiger partial charge in [0.25, 0.3) is 0 Å². The first-order valence-electron chi connectivity index (χ1n) is 3.72. The van der Waals surface area contributed by atoms with E-state index in [2.05, 4.69) is 17.2 Å². The average molecular weight is 137 g/mol. The summed E-state index contributed by atoms with van der Waals surface area (Å²) in [5.41, 5.74) is 0. The van der Waals surface area contributed by atoms with Crippen LogP contribution in [0.15, 0.2) is 12.4 Å². The smallest absolute Gasteiger partial charge is 0.0693 e. The summed E-state index contributed by atoms with van der Waals surface area (Å²) in [4.78, 5) is 0. The van der Waals surface area contributed by atoms with Crippen LogP contribution in [-0.2, 0) is 0 Å². The third kappa shape index (κ3) is 0.818. The van der Waals surface area contributed by atoms with E-state index in [1.807, 2.05) is 10.9 Å². The lowest BCUT2D eigenvalue weighted by Gasteiger charge is -2.32. The van der Waals surface area contributed by atoms with Crippen molar-refractivity contribution in [1.29, 1.82) is 0 Å². The summed E-state index contributed by atoms with van der Waals surface area (Å²) >= 11 is 0. The lowest BCUT2D eigenvalue weighted by Crippen LogP contribution is -2.24. The molecular weight excluding hydrogens is 126 g/mol. The van der Waals surface area contributed by atoms with Crippen molar-refractivity contribution in [3.63, 3.8) is 0 Å². The maximum atomic E-state index is 3.94. The summed E-state index contributed by atoms with van der Waals surface area (Å²) in [6.45, 7) is 2.27. The van der Waals surface area contributed by atoms with Gasteiger partial charge in [-0.05, 0) is 18.8 Å². The van der Waals surface area contributed by atoms with Gasteiger partial charge in [0, 0.05) is 6.20 Å². The fraction of sp³-hybridized carbons (Fsp3) is 0.714. The predicted molar refractivity (Wildman–Crippen MR) is 37.5 cm³/mol. The lowest BCUT2D eigenvalue weighted by molar-refractivity contribution is 0.197. The van der Waals surface area contributed by atoms with E-state index in [1.165, 1.54) is 12.8 Å². The van der Waals surface area contributed by atoms with Gasteiger partial charge in [0.05, 0.1) is 12.2 Å². The van der Waals surface area contributed by atoms with Crippen LogP contribution in [-0.4, -0.2) is 15.0 Å². The van der Waals surface area contributed by atoms with Crippen molar-refractivity contribution in [2.24, 2.45) is 5.92 Å². The SMILES string of the molecule is C[C@H]1C[C@H](n2ccnn2)C1. The molecule has 0 aromatic carbocycles. The quantitative estimate of drug-likeness (QED) is 0.583. The normalized spacial score (nSPS) is 31.7. The van der Waals surface area contributed by atoms with E-state index < -0.39 is 0 Å². The Morgan fingerprint density at radius 2 is 2.30 bits per heavy atom. The second-order valence-electron chi connectivity index (χ2n) is 3.11. The maximum absolute atomic E-state index is 3.94. The summed E-state index contributed by atoms with van der Waals surface area (Å²) < 4.78 is 1.96. The van der Waals surface area contributed by atoms with Crippen LogP contribution in [0.4, 0.5) is 0 Å². The summed E-state index contributed by atoms with van der Waals surface area (Å²) in [6, 6.07) is 0.637. The zero-order valence-electron chi connectivity index (χ0n) is 6.07. The van der Waals surface area contributed by atoms with Gasteiger partial charge in [0.2, 0.25) is 0 Å². The molecule has 1 heterocycles. The topological polar surface area (TPSA) is 30.7 Å². The number of hydrogen-bond acceptors (Lipinski definition) is 2. The zero-order chi connectivity index (χ0) is 6.97. The van der Waals surface area contributed by atoms with E-state index in [1.54, 1.807) is 6.20 Å². The van der Waals surface area contributed by atoms with Crippen molar-refractivity contribution in [3.8, 4) is 0 Å². The fourth-order valence-electron chi connectivity index (χ4n) is 1.49. The van der Waals surface area contributed by atoms with Gasteiger partial charge in [-0.2, -0.15) is 0 Å². The highest BCUT2D eigenvalue weighted by Gasteiger charge is 2.26. The van der Waals surface area contributed by atoms with Crippen LogP contribution in [0.1, 0.15) is 25.8 Å². The molecule has 0 atom stereocenters. The molecule has 10 heavy (non-hydrogen) atoms. The van der Waals surface area contributed by atoms with E-state index in [0.29, 0.717) is 6.04 Å². The van der Waals surface area contributed by atoms with Gasteiger partial charge in [-0.1, -0.05) is 12.1 Å². The molecule has 0 radical (unpaired) electrons. The molecule has 0 N–H and O–H groups in total. The van der Waals surface area contributed by atoms with Crippen molar-refractivity contribution in [3.05, 3.63) is 12.4 Å². The van der Waals surface area contributed by atoms with Crippen molar-refractivity contribution >= 4 is 0 Å². The number of hydrogen-bond donors (Lipinski definition) is 0. The van der Waals surface area contributed by atoms with Crippen molar-refractivity contribution < 1.29 is 0 Å². The number of nitrogens with zero attached hydrogens (tertiary/aromatic N) is 3. The molecule has 1 aromatic rings. The van der Waals surface area contributed by atoms with Crippen LogP contribution in [0, 0.1) is 5.92 Å². The minimum absolute atomic E-state index is 0.637. The molecule has 1 fully saturated rings. The molecule has 1 aromatic heterocycles. The minimum Gasteiger partial charge on any atom is -0.250 e. The molecule has 0 amide bonds. The maximum Gasteiger partial charge on any atom is 0.0693 e. The largest absolute Gasteiger partial charge is 0.250 e. The van der Waals surface area contributed by atoms with E-state index in [-0.39, 0.29) is 0 Å². The molecule has 0 spiro atoms. The Bertz CT molecular complexity index is 199. The van der Waals surface area contributed by atoms with Crippen molar-refractivity contribution in [2.45, 2.75) is 25.8 Å². The van der Waals surface area contributed by atoms with E-state index in [9.17, 15) is 0 Å². The molecule has 1 aliphatic carbocycles. The highest BCUT2D eigenvalue weighted by Crippen LogP contribution is 2.36. The average Bonchev–Trinajstić information content (AvgIpc) is 2.31. The Labute approximate surface area is 60.0 Å². The Morgan fingerprint density at radius 1 is 1.50 bits per heavy atom. The molecule has 3 nitrogen and oxygen atoms in total. The summed E-state index contributed by atoms with van der Waals surface area (Å²) in [7, 11) is 0. The minimum atomic E-state index is 0.637. The third-order valence-electron chi connectivity index (χ3n) is 2.16. The second kappa shape index (κ2) is 2.08. The lowest BCUT2D eigenvalue weighted by atomic mass is 9.82. The third-order valence-corrected chi connectivity index (χ3v) is 2.16. The molecule has 1 aliphatic rings. The molecule has 0 bridgehead atoms. The Balaban J connectivity index is 2.04. The predicted octanol–water partition coefficient (Wildman–Crippen LogP) is 1.25. The zero-order valence-corrected chi connectivity index (χ0v) is 6.07. The molecule has 0 unspecified atom stereocenters. The van der Waals surface area contributed by atoms with Gasteiger partial charge < -0.3 is 0 Å². The van der Waals surface area contributed by atoms with E-state index in [0.717, 1.165) is 5.92 Å². The van der Waals surface area contributed by atoms with Crippen molar-refractivity contribution in [2.75, 3.05) is 0 Å². The standard InChI is InChI=1S/C7H11N3/c1-6-4-7(5-6)10-3-2-8-9-10/h2-3,6-7H,4-5H2,1H3/t6-,7-. The molecule has 1 saturated carbocycles. The van der Waals surface area contributed by atoms with Crippen LogP contribution < -0.4 is 0 Å². The first kappa shape index (κ1) is 5.89. The highest BCUT2D eigenvalue weighted by molar-refractivity contribution is 4.82. The molecule has 3 heteroatoms. The Morgan fingerprint density at radius 3 is 2.80 bits per heavy atom. The van der Waals surface area contributed by atoms with Crippen LogP contribution in [0.5, 0.6) is 0 Å². The monoisotopic (exact) mass is 137 g/mol. The molecule has 54 valence electrons. The molecular formula is C7H11N3. The van der Waals surface area contributed by atoms with Gasteiger partial charge in [-0.15, -0.1) is 5.10 Å². The van der Waals surface area contributed by atoms with Gasteiger partial charge in [0.15, 0.2) is 0 Å². The Kier molecular flexibility index (Phi) is 1.22. The summed E-state index contributed by atoms with van der Waals surface area (Å²) in [5.74, 6) is 0.884. The fourth-order valence-corrected chi connectivity index (χ4v) is 1.49. The van der Waals surface area contributed by atoms with E-state index in [4.69, 9.17) is 0 Å². The van der Waals surface area contributed by atoms with Crippen molar-refractivity contribution in [1.82, 2.24) is 15.0 Å². The first-order valence-corrected chi connectivity index (χ1v) is 3.72. The van der Waals surface area contributed by atoms with Crippen LogP contribution >= 0.6 is 0 Å². The van der Waals surface area contributed by atoms with Gasteiger partial charge >= 0.3 is 0 Å². The van der Waals surface area contributed by atoms with Gasteiger partial charge in [-0.3, -0.25) is 0 Å². The Hall–Kier alpha value is -0.860. The molecule has 0 aliphatic heterocycles. The second-order valence-corrected chi connectivity index (χ2v) is 3.11. The van der Waals surface area contributed by atoms with Crippen LogP contribution in [0.25, 0.3) is 0 Å². The summed E-state index contributed by atoms with van der Waals surface area (Å²) in [6.07, 6.45) is 6.21. The first-order chi connectivity index (χ1) is 4.86. The van der Waals surface area contributed by atoms with E-state index >= 15 is 0 Å². The van der Waals surface area contributed by atoms with Gasteiger partial charge in [0.1, 0.15) is 0 Å². The molecule has 2 rings (SSSR count). The number of aromatic nitrogens is 3. The number of rotatable bonds is 1. The molecule has 0 saturated heterocycles. The van der Waals surface area contributed by atoms with Crippen LogP contribution in [0.2, 0.25) is 0 Å². The van der Waals surface area contributed by atoms with Gasteiger partial charge in [-0.25, -0.2) is 4.68 Å².